The highest BCUT2D eigenvalue weighted by Crippen LogP contribution is 2.32. The zero-order chi connectivity index (χ0) is 18.1. The van der Waals surface area contributed by atoms with Gasteiger partial charge in [0.05, 0.1) is 20.3 Å². The number of methoxy groups -OCH3 is 2. The fraction of sp³-hybridized carbons (Fsp3) is 0.389. The van der Waals surface area contributed by atoms with Crippen LogP contribution in [-0.2, 0) is 0 Å². The molecule has 2 aromatic heterocycles. The lowest BCUT2D eigenvalue weighted by Gasteiger charge is -2.24. The number of fused-ring (bicyclic) bond motifs is 1. The maximum absolute atomic E-state index is 12.9. The molecule has 1 aromatic carbocycles. The zero-order valence-electron chi connectivity index (χ0n) is 14.8. The van der Waals surface area contributed by atoms with E-state index >= 15 is 0 Å². The van der Waals surface area contributed by atoms with Gasteiger partial charge in [0.15, 0.2) is 17.1 Å². The molecule has 26 heavy (non-hydrogen) atoms. The van der Waals surface area contributed by atoms with E-state index in [1.165, 1.54) is 0 Å². The van der Waals surface area contributed by atoms with Crippen molar-refractivity contribution >= 4 is 5.65 Å². The van der Waals surface area contributed by atoms with E-state index in [4.69, 9.17) is 14.6 Å². The summed E-state index contributed by atoms with van der Waals surface area (Å²) < 4.78 is 13.9. The summed E-state index contributed by atoms with van der Waals surface area (Å²) in [6.45, 7) is 1.76. The van der Waals surface area contributed by atoms with Gasteiger partial charge in [0, 0.05) is 18.0 Å². The van der Waals surface area contributed by atoms with Crippen molar-refractivity contribution in [1.82, 2.24) is 24.5 Å². The standard InChI is InChI=1S/C18H21N5O3/c1-25-14-4-3-12(11-15(14)26-2)16-17-20-9-10-22(17)18(24)23(21-16)13-5-7-19-8-6-13/h3-4,9-11,13,19H,5-8H2,1-2H3. The fourth-order valence-electron chi connectivity index (χ4n) is 3.40. The second-order valence-corrected chi connectivity index (χ2v) is 6.25. The highest BCUT2D eigenvalue weighted by molar-refractivity contribution is 5.75. The van der Waals surface area contributed by atoms with Crippen LogP contribution in [0.5, 0.6) is 11.5 Å². The predicted molar refractivity (Wildman–Crippen MR) is 96.9 cm³/mol. The molecule has 4 rings (SSSR count). The second kappa shape index (κ2) is 6.80. The largest absolute Gasteiger partial charge is 0.493 e. The third-order valence-electron chi connectivity index (χ3n) is 4.77. The van der Waals surface area contributed by atoms with Crippen LogP contribution in [-0.4, -0.2) is 46.5 Å². The number of benzene rings is 1. The molecule has 8 nitrogen and oxygen atoms in total. The monoisotopic (exact) mass is 355 g/mol. The number of nitrogens with zero attached hydrogens (tertiary/aromatic N) is 4. The third-order valence-corrected chi connectivity index (χ3v) is 4.77. The van der Waals surface area contributed by atoms with Crippen LogP contribution in [0.4, 0.5) is 0 Å². The summed E-state index contributed by atoms with van der Waals surface area (Å²) in [5.74, 6) is 1.25. The summed E-state index contributed by atoms with van der Waals surface area (Å²) in [5.41, 5.74) is 1.84. The molecule has 1 aliphatic heterocycles. The maximum Gasteiger partial charge on any atom is 0.350 e. The van der Waals surface area contributed by atoms with Gasteiger partial charge in [0.1, 0.15) is 5.69 Å². The number of ether oxygens (including phenoxy) is 2. The van der Waals surface area contributed by atoms with Gasteiger partial charge in [-0.2, -0.15) is 5.10 Å². The van der Waals surface area contributed by atoms with Crippen LogP contribution >= 0.6 is 0 Å². The topological polar surface area (TPSA) is 82.7 Å². The van der Waals surface area contributed by atoms with Crippen LogP contribution < -0.4 is 20.5 Å². The Balaban J connectivity index is 1.90. The minimum Gasteiger partial charge on any atom is -0.493 e. The smallest absolute Gasteiger partial charge is 0.350 e. The number of rotatable bonds is 4. The van der Waals surface area contributed by atoms with Crippen molar-refractivity contribution < 1.29 is 9.47 Å². The Morgan fingerprint density at radius 3 is 2.65 bits per heavy atom. The minimum atomic E-state index is -0.159. The molecule has 8 heteroatoms. The Hall–Kier alpha value is -2.87. The molecule has 0 unspecified atom stereocenters. The molecule has 0 atom stereocenters. The minimum absolute atomic E-state index is 0.0782. The summed E-state index contributed by atoms with van der Waals surface area (Å²) in [4.78, 5) is 17.2. The van der Waals surface area contributed by atoms with Gasteiger partial charge >= 0.3 is 5.69 Å². The quantitative estimate of drug-likeness (QED) is 0.764. The maximum atomic E-state index is 12.9. The van der Waals surface area contributed by atoms with Crippen LogP contribution in [0.2, 0.25) is 0 Å². The number of hydrogen-bond donors (Lipinski definition) is 1. The van der Waals surface area contributed by atoms with Crippen molar-refractivity contribution in [1.29, 1.82) is 0 Å². The summed E-state index contributed by atoms with van der Waals surface area (Å²) >= 11 is 0. The van der Waals surface area contributed by atoms with E-state index in [-0.39, 0.29) is 11.7 Å². The highest BCUT2D eigenvalue weighted by Gasteiger charge is 2.21. The van der Waals surface area contributed by atoms with Crippen LogP contribution in [0.3, 0.4) is 0 Å². The van der Waals surface area contributed by atoms with E-state index in [2.05, 4.69) is 10.3 Å². The molecule has 0 bridgehead atoms. The Morgan fingerprint density at radius 2 is 1.92 bits per heavy atom. The predicted octanol–water partition coefficient (Wildman–Crippen LogP) is 1.50. The van der Waals surface area contributed by atoms with Gasteiger partial charge in [-0.3, -0.25) is 0 Å². The highest BCUT2D eigenvalue weighted by atomic mass is 16.5. The Bertz CT molecular complexity index is 988. The van der Waals surface area contributed by atoms with Crippen molar-refractivity contribution in [3.8, 4) is 22.8 Å². The Kier molecular flexibility index (Phi) is 4.34. The van der Waals surface area contributed by atoms with Gasteiger partial charge in [-0.25, -0.2) is 18.9 Å². The fourth-order valence-corrected chi connectivity index (χ4v) is 3.40. The van der Waals surface area contributed by atoms with Crippen LogP contribution in [0.1, 0.15) is 18.9 Å². The average Bonchev–Trinajstić information content (AvgIpc) is 3.19. The summed E-state index contributed by atoms with van der Waals surface area (Å²) in [5, 5.41) is 8.01. The second-order valence-electron chi connectivity index (χ2n) is 6.25. The van der Waals surface area contributed by atoms with Gasteiger partial charge < -0.3 is 14.8 Å². The van der Waals surface area contributed by atoms with E-state index in [1.807, 2.05) is 18.2 Å². The van der Waals surface area contributed by atoms with E-state index in [9.17, 15) is 4.79 Å². The van der Waals surface area contributed by atoms with Gasteiger partial charge in [-0.05, 0) is 44.1 Å². The molecule has 136 valence electrons. The molecule has 0 spiro atoms. The molecule has 1 N–H and O–H groups in total. The molecule has 3 heterocycles. The third kappa shape index (κ3) is 2.72. The summed E-state index contributed by atoms with van der Waals surface area (Å²) in [7, 11) is 3.19. The first-order valence-electron chi connectivity index (χ1n) is 8.62. The number of imidazole rings is 1. The normalized spacial score (nSPS) is 15.3. The zero-order valence-corrected chi connectivity index (χ0v) is 14.8. The summed E-state index contributed by atoms with van der Waals surface area (Å²) in [6, 6.07) is 5.66. The van der Waals surface area contributed by atoms with Crippen molar-refractivity contribution in [2.75, 3.05) is 27.3 Å². The molecule has 1 saturated heterocycles. The van der Waals surface area contributed by atoms with E-state index < -0.39 is 0 Å². The van der Waals surface area contributed by atoms with Gasteiger partial charge in [-0.1, -0.05) is 0 Å². The average molecular weight is 355 g/mol. The van der Waals surface area contributed by atoms with Gasteiger partial charge in [0.2, 0.25) is 0 Å². The molecular formula is C18H21N5O3. The molecule has 0 radical (unpaired) electrons. The summed E-state index contributed by atoms with van der Waals surface area (Å²) in [6.07, 6.45) is 5.05. The Labute approximate surface area is 150 Å². The van der Waals surface area contributed by atoms with Crippen molar-refractivity contribution in [2.45, 2.75) is 18.9 Å². The lowest BCUT2D eigenvalue weighted by Crippen LogP contribution is -2.38. The molecular weight excluding hydrogens is 334 g/mol. The SMILES string of the molecule is COc1ccc(-c2nn(C3CCNCC3)c(=O)n3ccnc23)cc1OC. The Morgan fingerprint density at radius 1 is 1.15 bits per heavy atom. The number of hydrogen-bond acceptors (Lipinski definition) is 6. The number of nitrogens with one attached hydrogen (secondary N) is 1. The number of piperidine rings is 1. The van der Waals surface area contributed by atoms with Crippen LogP contribution in [0.15, 0.2) is 35.4 Å². The van der Waals surface area contributed by atoms with Crippen LogP contribution in [0, 0.1) is 0 Å². The molecule has 1 aliphatic rings. The molecule has 0 amide bonds. The first-order chi connectivity index (χ1) is 12.7. The van der Waals surface area contributed by atoms with E-state index in [0.717, 1.165) is 31.5 Å². The van der Waals surface area contributed by atoms with Crippen molar-refractivity contribution in [3.63, 3.8) is 0 Å². The van der Waals surface area contributed by atoms with Gasteiger partial charge in [0.25, 0.3) is 0 Å². The molecule has 3 aromatic rings. The lowest BCUT2D eigenvalue weighted by atomic mass is 10.1. The first-order valence-corrected chi connectivity index (χ1v) is 8.62. The van der Waals surface area contributed by atoms with Gasteiger partial charge in [-0.15, -0.1) is 0 Å². The molecule has 0 saturated carbocycles. The van der Waals surface area contributed by atoms with Crippen molar-refractivity contribution in [3.05, 3.63) is 41.1 Å². The number of aromatic nitrogens is 4. The van der Waals surface area contributed by atoms with Crippen molar-refractivity contribution in [2.24, 2.45) is 0 Å². The van der Waals surface area contributed by atoms with Crippen LogP contribution in [0.25, 0.3) is 16.9 Å². The van der Waals surface area contributed by atoms with E-state index in [1.54, 1.807) is 35.7 Å². The van der Waals surface area contributed by atoms with E-state index in [0.29, 0.717) is 22.8 Å². The first kappa shape index (κ1) is 16.6. The molecule has 1 fully saturated rings. The lowest BCUT2D eigenvalue weighted by molar-refractivity contribution is 0.326. The molecule has 0 aliphatic carbocycles.